The van der Waals surface area contributed by atoms with Crippen molar-refractivity contribution in [2.24, 2.45) is 0 Å². The van der Waals surface area contributed by atoms with Crippen molar-refractivity contribution in [3.05, 3.63) is 56.4 Å². The first-order valence-corrected chi connectivity index (χ1v) is 6.18. The molecule has 2 rings (SSSR count). The van der Waals surface area contributed by atoms with Crippen molar-refractivity contribution < 1.29 is 9.34 Å². The Balaban J connectivity index is 2.33. The molecule has 1 N–H and O–H groups in total. The number of benzene rings is 1. The maximum Gasteiger partial charge on any atom is 0.293 e. The SMILES string of the molecule is CC(Nc1cc(Cl)c(Cl)cc1[N+](=O)[O-])c1ccco1. The molecular weight excluding hydrogens is 291 g/mol. The molecule has 1 aromatic carbocycles. The Bertz CT molecular complexity index is 599. The van der Waals surface area contributed by atoms with Crippen LogP contribution < -0.4 is 5.32 Å². The van der Waals surface area contributed by atoms with Crippen molar-refractivity contribution in [2.75, 3.05) is 5.32 Å². The second-order valence-electron chi connectivity index (χ2n) is 3.92. The Labute approximate surface area is 119 Å². The van der Waals surface area contributed by atoms with Crippen LogP contribution in [0.1, 0.15) is 18.7 Å². The lowest BCUT2D eigenvalue weighted by Gasteiger charge is -2.13. The summed E-state index contributed by atoms with van der Waals surface area (Å²) in [6.07, 6.45) is 1.54. The van der Waals surface area contributed by atoms with E-state index in [2.05, 4.69) is 5.32 Å². The monoisotopic (exact) mass is 300 g/mol. The van der Waals surface area contributed by atoms with E-state index in [0.717, 1.165) is 0 Å². The summed E-state index contributed by atoms with van der Waals surface area (Å²) in [5.74, 6) is 0.667. The summed E-state index contributed by atoms with van der Waals surface area (Å²) in [5, 5.41) is 14.4. The van der Waals surface area contributed by atoms with Crippen molar-refractivity contribution in [1.82, 2.24) is 0 Å². The summed E-state index contributed by atoms with van der Waals surface area (Å²) in [6.45, 7) is 1.82. The van der Waals surface area contributed by atoms with Gasteiger partial charge in [0.1, 0.15) is 11.4 Å². The van der Waals surface area contributed by atoms with Gasteiger partial charge in [0.2, 0.25) is 0 Å². The fourth-order valence-electron chi connectivity index (χ4n) is 1.65. The maximum absolute atomic E-state index is 11.0. The molecule has 1 aromatic heterocycles. The molecule has 0 spiro atoms. The van der Waals surface area contributed by atoms with Gasteiger partial charge in [-0.15, -0.1) is 0 Å². The standard InChI is InChI=1S/C12H10Cl2N2O3/c1-7(12-3-2-4-19-12)15-10-5-8(13)9(14)6-11(10)16(17)18/h2-7,15H,1H3. The number of furan rings is 1. The number of anilines is 1. The summed E-state index contributed by atoms with van der Waals surface area (Å²) in [4.78, 5) is 10.5. The highest BCUT2D eigenvalue weighted by atomic mass is 35.5. The lowest BCUT2D eigenvalue weighted by Crippen LogP contribution is -2.07. The lowest BCUT2D eigenvalue weighted by molar-refractivity contribution is -0.384. The minimum Gasteiger partial charge on any atom is -0.467 e. The van der Waals surface area contributed by atoms with Crippen LogP contribution in [-0.4, -0.2) is 4.92 Å². The highest BCUT2D eigenvalue weighted by molar-refractivity contribution is 6.42. The van der Waals surface area contributed by atoms with Gasteiger partial charge in [-0.3, -0.25) is 10.1 Å². The fraction of sp³-hybridized carbons (Fsp3) is 0.167. The first kappa shape index (κ1) is 13.7. The minimum absolute atomic E-state index is 0.132. The van der Waals surface area contributed by atoms with Crippen molar-refractivity contribution in [3.63, 3.8) is 0 Å². The van der Waals surface area contributed by atoms with Crippen molar-refractivity contribution in [3.8, 4) is 0 Å². The van der Waals surface area contributed by atoms with Crippen LogP contribution in [0.25, 0.3) is 0 Å². The number of nitro groups is 1. The topological polar surface area (TPSA) is 68.3 Å². The molecule has 7 heteroatoms. The molecule has 0 fully saturated rings. The molecule has 0 bridgehead atoms. The molecule has 1 heterocycles. The largest absolute Gasteiger partial charge is 0.467 e. The lowest BCUT2D eigenvalue weighted by atomic mass is 10.2. The highest BCUT2D eigenvalue weighted by Gasteiger charge is 2.19. The zero-order valence-corrected chi connectivity index (χ0v) is 11.4. The van der Waals surface area contributed by atoms with Gasteiger partial charge in [-0.2, -0.15) is 0 Å². The molecule has 0 amide bonds. The van der Waals surface area contributed by atoms with Crippen LogP contribution >= 0.6 is 23.2 Å². The van der Waals surface area contributed by atoms with E-state index < -0.39 is 4.92 Å². The van der Waals surface area contributed by atoms with E-state index in [1.807, 2.05) is 6.92 Å². The van der Waals surface area contributed by atoms with E-state index in [4.69, 9.17) is 27.6 Å². The number of halogens is 2. The Morgan fingerprint density at radius 1 is 1.37 bits per heavy atom. The zero-order chi connectivity index (χ0) is 14.0. The Morgan fingerprint density at radius 3 is 2.63 bits per heavy atom. The fourth-order valence-corrected chi connectivity index (χ4v) is 1.97. The second kappa shape index (κ2) is 5.50. The molecule has 0 saturated heterocycles. The number of hydrogen-bond acceptors (Lipinski definition) is 4. The van der Waals surface area contributed by atoms with E-state index in [1.54, 1.807) is 12.1 Å². The molecule has 1 atom stereocenters. The quantitative estimate of drug-likeness (QED) is 0.658. The van der Waals surface area contributed by atoms with Gasteiger partial charge in [0, 0.05) is 6.07 Å². The van der Waals surface area contributed by atoms with Gasteiger partial charge in [0.15, 0.2) is 0 Å². The predicted octanol–water partition coefficient (Wildman–Crippen LogP) is 4.67. The van der Waals surface area contributed by atoms with Gasteiger partial charge in [-0.05, 0) is 25.1 Å². The smallest absolute Gasteiger partial charge is 0.293 e. The van der Waals surface area contributed by atoms with E-state index in [0.29, 0.717) is 11.4 Å². The average molecular weight is 301 g/mol. The van der Waals surface area contributed by atoms with Gasteiger partial charge >= 0.3 is 0 Å². The van der Waals surface area contributed by atoms with E-state index in [9.17, 15) is 10.1 Å². The summed E-state index contributed by atoms with van der Waals surface area (Å²) >= 11 is 11.7. The Morgan fingerprint density at radius 2 is 2.05 bits per heavy atom. The predicted molar refractivity (Wildman–Crippen MR) is 73.9 cm³/mol. The number of nitro benzene ring substituents is 1. The van der Waals surface area contributed by atoms with Crippen LogP contribution in [0.3, 0.4) is 0 Å². The van der Waals surface area contributed by atoms with Crippen molar-refractivity contribution >= 4 is 34.6 Å². The van der Waals surface area contributed by atoms with Gasteiger partial charge in [-0.25, -0.2) is 0 Å². The molecule has 5 nitrogen and oxygen atoms in total. The third-order valence-corrected chi connectivity index (χ3v) is 3.30. The molecule has 100 valence electrons. The first-order chi connectivity index (χ1) is 8.99. The number of nitrogens with zero attached hydrogens (tertiary/aromatic N) is 1. The summed E-state index contributed by atoms with van der Waals surface area (Å²) in [6, 6.07) is 5.95. The van der Waals surface area contributed by atoms with Gasteiger partial charge < -0.3 is 9.73 Å². The minimum atomic E-state index is -0.514. The second-order valence-corrected chi connectivity index (χ2v) is 4.74. The van der Waals surface area contributed by atoms with Crippen LogP contribution in [0.4, 0.5) is 11.4 Å². The molecule has 0 saturated carbocycles. The Kier molecular flexibility index (Phi) is 3.97. The maximum atomic E-state index is 11.0. The number of nitrogens with one attached hydrogen (secondary N) is 1. The van der Waals surface area contributed by atoms with Gasteiger partial charge in [-0.1, -0.05) is 23.2 Å². The van der Waals surface area contributed by atoms with Crippen molar-refractivity contribution in [2.45, 2.75) is 13.0 Å². The van der Waals surface area contributed by atoms with Crippen LogP contribution in [-0.2, 0) is 0 Å². The zero-order valence-electron chi connectivity index (χ0n) is 9.89. The van der Waals surface area contributed by atoms with Crippen LogP contribution in [0, 0.1) is 10.1 Å². The van der Waals surface area contributed by atoms with Gasteiger partial charge in [0.25, 0.3) is 5.69 Å². The van der Waals surface area contributed by atoms with Crippen LogP contribution in [0.2, 0.25) is 10.0 Å². The van der Waals surface area contributed by atoms with Crippen LogP contribution in [0.5, 0.6) is 0 Å². The average Bonchev–Trinajstić information content (AvgIpc) is 2.86. The normalized spacial score (nSPS) is 12.2. The first-order valence-electron chi connectivity index (χ1n) is 5.42. The molecule has 0 radical (unpaired) electrons. The van der Waals surface area contributed by atoms with E-state index in [1.165, 1.54) is 18.4 Å². The third-order valence-electron chi connectivity index (χ3n) is 2.58. The third kappa shape index (κ3) is 3.00. The summed E-state index contributed by atoms with van der Waals surface area (Å²) in [5.41, 5.74) is 0.163. The summed E-state index contributed by atoms with van der Waals surface area (Å²) in [7, 11) is 0. The molecule has 19 heavy (non-hydrogen) atoms. The molecule has 2 aromatic rings. The molecular formula is C12H10Cl2N2O3. The highest BCUT2D eigenvalue weighted by Crippen LogP contribution is 2.35. The van der Waals surface area contributed by atoms with Gasteiger partial charge in [0.05, 0.1) is 27.3 Å². The number of hydrogen-bond donors (Lipinski definition) is 1. The van der Waals surface area contributed by atoms with Crippen molar-refractivity contribution in [1.29, 1.82) is 0 Å². The summed E-state index contributed by atoms with van der Waals surface area (Å²) < 4.78 is 5.23. The molecule has 1 unspecified atom stereocenters. The number of rotatable bonds is 4. The van der Waals surface area contributed by atoms with E-state index >= 15 is 0 Å². The molecule has 0 aliphatic rings. The Hall–Kier alpha value is -1.72. The van der Waals surface area contributed by atoms with E-state index in [-0.39, 0.29) is 21.8 Å². The molecule has 0 aliphatic heterocycles. The molecule has 0 aliphatic carbocycles. The van der Waals surface area contributed by atoms with Crippen LogP contribution in [0.15, 0.2) is 34.9 Å².